The topological polar surface area (TPSA) is 89.1 Å². The second-order valence-electron chi connectivity index (χ2n) is 3.59. The van der Waals surface area contributed by atoms with Crippen molar-refractivity contribution >= 4 is 11.9 Å². The average molecular weight is 229 g/mol. The zero-order chi connectivity index (χ0) is 12.3. The van der Waals surface area contributed by atoms with Gasteiger partial charge >= 0.3 is 5.97 Å². The largest absolute Gasteiger partial charge is 0.478 e. The van der Waals surface area contributed by atoms with Crippen molar-refractivity contribution in [3.05, 3.63) is 53.3 Å². The molecular formula is C12H11N3O2. The van der Waals surface area contributed by atoms with Gasteiger partial charge in [-0.3, -0.25) is 0 Å². The van der Waals surface area contributed by atoms with E-state index < -0.39 is 5.97 Å². The van der Waals surface area contributed by atoms with Crippen LogP contribution in [0.15, 0.2) is 36.5 Å². The summed E-state index contributed by atoms with van der Waals surface area (Å²) in [5, 5.41) is 8.87. The predicted octanol–water partition coefficient (Wildman–Crippen LogP) is 1.35. The number of benzene rings is 1. The Kier molecular flexibility index (Phi) is 3.00. The number of hydrogen-bond donors (Lipinski definition) is 2. The summed E-state index contributed by atoms with van der Waals surface area (Å²) in [5.74, 6) is -0.717. The third-order valence-corrected chi connectivity index (χ3v) is 2.29. The highest BCUT2D eigenvalue weighted by atomic mass is 16.4. The van der Waals surface area contributed by atoms with Gasteiger partial charge in [-0.1, -0.05) is 12.1 Å². The highest BCUT2D eigenvalue weighted by molar-refractivity contribution is 5.87. The molecule has 0 aliphatic heterocycles. The minimum absolute atomic E-state index is 0.219. The second kappa shape index (κ2) is 4.61. The maximum atomic E-state index is 10.8. The molecule has 86 valence electrons. The van der Waals surface area contributed by atoms with E-state index in [2.05, 4.69) is 9.97 Å². The fourth-order valence-corrected chi connectivity index (χ4v) is 1.53. The van der Waals surface area contributed by atoms with E-state index in [9.17, 15) is 4.79 Å². The summed E-state index contributed by atoms with van der Waals surface area (Å²) >= 11 is 0. The molecule has 1 aromatic heterocycles. The molecule has 0 atom stereocenters. The van der Waals surface area contributed by atoms with Crippen LogP contribution in [0.3, 0.4) is 0 Å². The standard InChI is InChI=1S/C12H11N3O2/c13-12-14-5-4-10(15-12)7-8-2-1-3-9(6-8)11(16)17/h1-6H,7H2,(H,16,17)(H2,13,14,15). The van der Waals surface area contributed by atoms with Crippen molar-refractivity contribution in [2.24, 2.45) is 0 Å². The Bertz CT molecular complexity index is 555. The number of rotatable bonds is 3. The number of nitrogens with two attached hydrogens (primary N) is 1. The summed E-state index contributed by atoms with van der Waals surface area (Å²) in [7, 11) is 0. The van der Waals surface area contributed by atoms with Gasteiger partial charge in [0.05, 0.1) is 11.3 Å². The minimum Gasteiger partial charge on any atom is -0.478 e. The molecule has 1 aromatic carbocycles. The lowest BCUT2D eigenvalue weighted by atomic mass is 10.1. The first-order valence-corrected chi connectivity index (χ1v) is 5.05. The van der Waals surface area contributed by atoms with E-state index in [1.54, 1.807) is 30.5 Å². The Hall–Kier alpha value is -2.43. The van der Waals surface area contributed by atoms with Gasteiger partial charge in [-0.15, -0.1) is 0 Å². The highest BCUT2D eigenvalue weighted by Gasteiger charge is 2.04. The fourth-order valence-electron chi connectivity index (χ4n) is 1.53. The molecule has 0 saturated carbocycles. The van der Waals surface area contributed by atoms with E-state index in [1.807, 2.05) is 6.07 Å². The van der Waals surface area contributed by atoms with Crippen molar-refractivity contribution in [1.82, 2.24) is 9.97 Å². The first kappa shape index (κ1) is 11.1. The molecule has 0 bridgehead atoms. The third-order valence-electron chi connectivity index (χ3n) is 2.29. The molecule has 5 heteroatoms. The second-order valence-corrected chi connectivity index (χ2v) is 3.59. The number of aromatic nitrogens is 2. The molecule has 0 unspecified atom stereocenters. The van der Waals surface area contributed by atoms with Gasteiger partial charge in [0.1, 0.15) is 0 Å². The Morgan fingerprint density at radius 1 is 1.35 bits per heavy atom. The van der Waals surface area contributed by atoms with E-state index in [-0.39, 0.29) is 11.5 Å². The van der Waals surface area contributed by atoms with Gasteiger partial charge in [-0.05, 0) is 23.8 Å². The lowest BCUT2D eigenvalue weighted by Gasteiger charge is -2.02. The molecule has 5 nitrogen and oxygen atoms in total. The monoisotopic (exact) mass is 229 g/mol. The van der Waals surface area contributed by atoms with E-state index >= 15 is 0 Å². The molecular weight excluding hydrogens is 218 g/mol. The predicted molar refractivity (Wildman–Crippen MR) is 62.7 cm³/mol. The Balaban J connectivity index is 2.24. The maximum absolute atomic E-state index is 10.8. The number of nitrogens with zero attached hydrogens (tertiary/aromatic N) is 2. The number of carboxylic acids is 1. The SMILES string of the molecule is Nc1nccc(Cc2cccc(C(=O)O)c2)n1. The normalized spacial score (nSPS) is 10.1. The summed E-state index contributed by atoms with van der Waals surface area (Å²) < 4.78 is 0. The Morgan fingerprint density at radius 2 is 2.18 bits per heavy atom. The maximum Gasteiger partial charge on any atom is 0.335 e. The van der Waals surface area contributed by atoms with Gasteiger partial charge in [0.2, 0.25) is 5.95 Å². The summed E-state index contributed by atoms with van der Waals surface area (Å²) in [5.41, 5.74) is 7.38. The van der Waals surface area contributed by atoms with Gasteiger partial charge in [0.15, 0.2) is 0 Å². The molecule has 0 fully saturated rings. The highest BCUT2D eigenvalue weighted by Crippen LogP contribution is 2.10. The number of anilines is 1. The van der Waals surface area contributed by atoms with Crippen molar-refractivity contribution < 1.29 is 9.90 Å². The van der Waals surface area contributed by atoms with Gasteiger partial charge in [-0.25, -0.2) is 14.8 Å². The summed E-state index contributed by atoms with van der Waals surface area (Å²) in [4.78, 5) is 18.7. The van der Waals surface area contributed by atoms with Crippen LogP contribution in [-0.2, 0) is 6.42 Å². The quantitative estimate of drug-likeness (QED) is 0.829. The Morgan fingerprint density at radius 3 is 2.88 bits per heavy atom. The molecule has 0 aliphatic carbocycles. The van der Waals surface area contributed by atoms with Crippen LogP contribution in [0.1, 0.15) is 21.6 Å². The van der Waals surface area contributed by atoms with Crippen LogP contribution in [0.2, 0.25) is 0 Å². The molecule has 0 amide bonds. The molecule has 0 saturated heterocycles. The number of carbonyl (C=O) groups is 1. The number of carboxylic acid groups (broad SMARTS) is 1. The third kappa shape index (κ3) is 2.78. The summed E-state index contributed by atoms with van der Waals surface area (Å²) in [6, 6.07) is 8.50. The average Bonchev–Trinajstić information content (AvgIpc) is 2.29. The van der Waals surface area contributed by atoms with Crippen LogP contribution >= 0.6 is 0 Å². The van der Waals surface area contributed by atoms with Gasteiger partial charge in [-0.2, -0.15) is 0 Å². The van der Waals surface area contributed by atoms with Crippen LogP contribution in [0.5, 0.6) is 0 Å². The van der Waals surface area contributed by atoms with Crippen LogP contribution in [0.4, 0.5) is 5.95 Å². The van der Waals surface area contributed by atoms with E-state index in [0.717, 1.165) is 11.3 Å². The molecule has 0 radical (unpaired) electrons. The van der Waals surface area contributed by atoms with Crippen LogP contribution in [0.25, 0.3) is 0 Å². The van der Waals surface area contributed by atoms with Gasteiger partial charge < -0.3 is 10.8 Å². The summed E-state index contributed by atoms with van der Waals surface area (Å²) in [6.45, 7) is 0. The lowest BCUT2D eigenvalue weighted by Crippen LogP contribution is -2.01. The molecule has 2 aromatic rings. The van der Waals surface area contributed by atoms with Crippen molar-refractivity contribution in [3.63, 3.8) is 0 Å². The number of aromatic carboxylic acids is 1. The molecule has 17 heavy (non-hydrogen) atoms. The zero-order valence-corrected chi connectivity index (χ0v) is 9.00. The van der Waals surface area contributed by atoms with Crippen molar-refractivity contribution in [3.8, 4) is 0 Å². The number of hydrogen-bond acceptors (Lipinski definition) is 4. The van der Waals surface area contributed by atoms with Crippen molar-refractivity contribution in [2.45, 2.75) is 6.42 Å². The molecule has 0 aliphatic rings. The lowest BCUT2D eigenvalue weighted by molar-refractivity contribution is 0.0697. The molecule has 1 heterocycles. The molecule has 3 N–H and O–H groups in total. The summed E-state index contributed by atoms with van der Waals surface area (Å²) in [6.07, 6.45) is 2.12. The van der Waals surface area contributed by atoms with Crippen LogP contribution in [0, 0.1) is 0 Å². The van der Waals surface area contributed by atoms with Crippen LogP contribution < -0.4 is 5.73 Å². The van der Waals surface area contributed by atoms with Crippen molar-refractivity contribution in [1.29, 1.82) is 0 Å². The first-order valence-electron chi connectivity index (χ1n) is 5.05. The van der Waals surface area contributed by atoms with E-state index in [4.69, 9.17) is 10.8 Å². The zero-order valence-electron chi connectivity index (χ0n) is 9.00. The van der Waals surface area contributed by atoms with Gasteiger partial charge in [0, 0.05) is 12.6 Å². The first-order chi connectivity index (χ1) is 8.15. The molecule has 0 spiro atoms. The van der Waals surface area contributed by atoms with E-state index in [1.165, 1.54) is 0 Å². The van der Waals surface area contributed by atoms with Crippen LogP contribution in [-0.4, -0.2) is 21.0 Å². The minimum atomic E-state index is -0.936. The Labute approximate surface area is 98.0 Å². The number of nitrogen functional groups attached to an aromatic ring is 1. The van der Waals surface area contributed by atoms with Crippen molar-refractivity contribution in [2.75, 3.05) is 5.73 Å². The smallest absolute Gasteiger partial charge is 0.335 e. The van der Waals surface area contributed by atoms with E-state index in [0.29, 0.717) is 6.42 Å². The van der Waals surface area contributed by atoms with Gasteiger partial charge in [0.25, 0.3) is 0 Å². The fraction of sp³-hybridized carbons (Fsp3) is 0.0833. The molecule has 2 rings (SSSR count).